The number of carbonyl (C=O) groups is 2. The minimum absolute atomic E-state index is 0.173. The summed E-state index contributed by atoms with van der Waals surface area (Å²) >= 11 is 5.82. The molecule has 1 aromatic carbocycles. The summed E-state index contributed by atoms with van der Waals surface area (Å²) in [6, 6.07) is 3.94. The first-order valence-electron chi connectivity index (χ1n) is 5.47. The molecule has 0 aliphatic carbocycles. The number of amides is 1. The molecule has 6 heteroatoms. The number of ether oxygens (including phenoxy) is 1. The number of esters is 1. The Morgan fingerprint density at radius 2 is 2.33 bits per heavy atom. The van der Waals surface area contributed by atoms with Crippen molar-refractivity contribution in [1.82, 2.24) is 5.32 Å². The molecule has 1 N–H and O–H groups in total. The second kappa shape index (κ2) is 5.35. The highest BCUT2D eigenvalue weighted by Gasteiger charge is 2.29. The van der Waals surface area contributed by atoms with Crippen LogP contribution in [0.15, 0.2) is 18.2 Å². The van der Waals surface area contributed by atoms with Crippen molar-refractivity contribution in [2.24, 2.45) is 0 Å². The third-order valence-electron chi connectivity index (χ3n) is 2.64. The van der Waals surface area contributed by atoms with Crippen molar-refractivity contribution in [2.45, 2.75) is 25.5 Å². The Kier molecular flexibility index (Phi) is 3.81. The van der Waals surface area contributed by atoms with Crippen molar-refractivity contribution in [3.63, 3.8) is 0 Å². The summed E-state index contributed by atoms with van der Waals surface area (Å²) in [6.45, 7) is 0.173. The van der Waals surface area contributed by atoms with Crippen molar-refractivity contribution < 1.29 is 18.7 Å². The molecule has 1 aliphatic rings. The van der Waals surface area contributed by atoms with Gasteiger partial charge < -0.3 is 10.1 Å². The second-order valence-electron chi connectivity index (χ2n) is 3.97. The third kappa shape index (κ3) is 2.98. The van der Waals surface area contributed by atoms with Gasteiger partial charge in [-0.15, -0.1) is 0 Å². The van der Waals surface area contributed by atoms with Gasteiger partial charge in [0.1, 0.15) is 5.82 Å². The fraction of sp³-hybridized carbons (Fsp3) is 0.333. The van der Waals surface area contributed by atoms with E-state index in [2.05, 4.69) is 5.32 Å². The van der Waals surface area contributed by atoms with Gasteiger partial charge >= 0.3 is 5.97 Å². The summed E-state index contributed by atoms with van der Waals surface area (Å²) in [5.74, 6) is -1.16. The molecule has 4 nitrogen and oxygen atoms in total. The lowest BCUT2D eigenvalue weighted by Gasteiger charge is -2.11. The third-order valence-corrected chi connectivity index (χ3v) is 3.00. The Bertz CT molecular complexity index is 492. The van der Waals surface area contributed by atoms with E-state index < -0.39 is 11.9 Å². The van der Waals surface area contributed by atoms with Crippen molar-refractivity contribution >= 4 is 23.5 Å². The molecule has 1 fully saturated rings. The van der Waals surface area contributed by atoms with Crippen LogP contribution in [0.4, 0.5) is 4.39 Å². The van der Waals surface area contributed by atoms with E-state index in [0.717, 1.165) is 0 Å². The molecule has 0 spiro atoms. The maximum atomic E-state index is 12.8. The Hall–Kier alpha value is -1.62. The summed E-state index contributed by atoms with van der Waals surface area (Å²) in [4.78, 5) is 22.5. The summed E-state index contributed by atoms with van der Waals surface area (Å²) in [5, 5.41) is 2.85. The standard InChI is InChI=1S/C12H11ClFNO3/c13-9-5-8(14)2-1-7(9)6-15-12(17)10-3-4-11(16)18-10/h1-2,5,10H,3-4,6H2,(H,15,17). The highest BCUT2D eigenvalue weighted by Crippen LogP contribution is 2.18. The zero-order chi connectivity index (χ0) is 13.1. The van der Waals surface area contributed by atoms with Crippen LogP contribution in [0.3, 0.4) is 0 Å². The van der Waals surface area contributed by atoms with Crippen LogP contribution in [0.25, 0.3) is 0 Å². The zero-order valence-corrected chi connectivity index (χ0v) is 10.2. The van der Waals surface area contributed by atoms with Gasteiger partial charge in [-0.25, -0.2) is 4.39 Å². The van der Waals surface area contributed by atoms with E-state index in [1.165, 1.54) is 18.2 Å². The molecule has 1 saturated heterocycles. The van der Waals surface area contributed by atoms with Crippen LogP contribution in [0, 0.1) is 5.82 Å². The predicted molar refractivity (Wildman–Crippen MR) is 62.4 cm³/mol. The molecule has 1 atom stereocenters. The molecule has 0 bridgehead atoms. The number of hydrogen-bond donors (Lipinski definition) is 1. The number of halogens is 2. The Labute approximate surface area is 108 Å². The molecule has 2 rings (SSSR count). The van der Waals surface area contributed by atoms with Crippen molar-refractivity contribution in [3.05, 3.63) is 34.6 Å². The fourth-order valence-electron chi connectivity index (χ4n) is 1.67. The first kappa shape index (κ1) is 12.8. The van der Waals surface area contributed by atoms with Crippen molar-refractivity contribution in [2.75, 3.05) is 0 Å². The smallest absolute Gasteiger partial charge is 0.306 e. The lowest BCUT2D eigenvalue weighted by Crippen LogP contribution is -2.34. The lowest BCUT2D eigenvalue weighted by molar-refractivity contribution is -0.148. The molecule has 0 aromatic heterocycles. The molecule has 0 saturated carbocycles. The predicted octanol–water partition coefficient (Wildman–Crippen LogP) is 1.80. The van der Waals surface area contributed by atoms with Gasteiger partial charge in [0.25, 0.3) is 5.91 Å². The minimum atomic E-state index is -0.725. The summed E-state index contributed by atoms with van der Waals surface area (Å²) < 4.78 is 17.6. The van der Waals surface area contributed by atoms with Crippen molar-refractivity contribution in [1.29, 1.82) is 0 Å². The first-order chi connectivity index (χ1) is 8.56. The highest BCUT2D eigenvalue weighted by molar-refractivity contribution is 6.31. The van der Waals surface area contributed by atoms with Gasteiger partial charge in [0, 0.05) is 24.4 Å². The van der Waals surface area contributed by atoms with E-state index in [0.29, 0.717) is 12.0 Å². The van der Waals surface area contributed by atoms with Crippen LogP contribution in [0.1, 0.15) is 18.4 Å². The average Bonchev–Trinajstić information content (AvgIpc) is 2.74. The normalized spacial score (nSPS) is 18.6. The first-order valence-corrected chi connectivity index (χ1v) is 5.85. The van der Waals surface area contributed by atoms with Crippen LogP contribution in [0.5, 0.6) is 0 Å². The van der Waals surface area contributed by atoms with Crippen LogP contribution in [0.2, 0.25) is 5.02 Å². The number of hydrogen-bond acceptors (Lipinski definition) is 3. The number of carbonyl (C=O) groups excluding carboxylic acids is 2. The highest BCUT2D eigenvalue weighted by atomic mass is 35.5. The molecule has 1 unspecified atom stereocenters. The van der Waals surface area contributed by atoms with Gasteiger partial charge in [-0.1, -0.05) is 17.7 Å². The van der Waals surface area contributed by atoms with Gasteiger partial charge in [0.05, 0.1) is 0 Å². The van der Waals surface area contributed by atoms with Crippen molar-refractivity contribution in [3.8, 4) is 0 Å². The van der Waals surface area contributed by atoms with Gasteiger partial charge in [-0.05, 0) is 17.7 Å². The molecule has 0 radical (unpaired) electrons. The number of benzene rings is 1. The topological polar surface area (TPSA) is 55.4 Å². The number of rotatable bonds is 3. The molecule has 1 amide bonds. The van der Waals surface area contributed by atoms with Gasteiger partial charge in [0.15, 0.2) is 6.10 Å². The summed E-state index contributed by atoms with van der Waals surface area (Å²) in [7, 11) is 0. The van der Waals surface area contributed by atoms with E-state index in [1.807, 2.05) is 0 Å². The van der Waals surface area contributed by atoms with Crippen LogP contribution < -0.4 is 5.32 Å². The van der Waals surface area contributed by atoms with E-state index in [4.69, 9.17) is 16.3 Å². The molecule has 1 aliphatic heterocycles. The maximum Gasteiger partial charge on any atom is 0.306 e. The molecular formula is C12H11ClFNO3. The van der Waals surface area contributed by atoms with Crippen LogP contribution in [-0.2, 0) is 20.9 Å². The zero-order valence-electron chi connectivity index (χ0n) is 9.41. The lowest BCUT2D eigenvalue weighted by atomic mass is 10.2. The number of cyclic esters (lactones) is 1. The Morgan fingerprint density at radius 1 is 1.56 bits per heavy atom. The maximum absolute atomic E-state index is 12.8. The Balaban J connectivity index is 1.91. The van der Waals surface area contributed by atoms with Crippen LogP contribution >= 0.6 is 11.6 Å². The van der Waals surface area contributed by atoms with E-state index in [1.54, 1.807) is 0 Å². The molecule has 96 valence electrons. The van der Waals surface area contributed by atoms with Crippen LogP contribution in [-0.4, -0.2) is 18.0 Å². The van der Waals surface area contributed by atoms with E-state index in [9.17, 15) is 14.0 Å². The van der Waals surface area contributed by atoms with Gasteiger partial charge in [-0.2, -0.15) is 0 Å². The average molecular weight is 272 g/mol. The minimum Gasteiger partial charge on any atom is -0.452 e. The monoisotopic (exact) mass is 271 g/mol. The molecule has 1 aromatic rings. The summed E-state index contributed by atoms with van der Waals surface area (Å²) in [5.41, 5.74) is 0.607. The largest absolute Gasteiger partial charge is 0.452 e. The molecule has 18 heavy (non-hydrogen) atoms. The molecule has 1 heterocycles. The Morgan fingerprint density at radius 3 is 2.94 bits per heavy atom. The van der Waals surface area contributed by atoms with E-state index >= 15 is 0 Å². The van der Waals surface area contributed by atoms with Gasteiger partial charge in [-0.3, -0.25) is 9.59 Å². The number of nitrogens with one attached hydrogen (secondary N) is 1. The SMILES string of the molecule is O=C1CCC(C(=O)NCc2ccc(F)cc2Cl)O1. The molecular weight excluding hydrogens is 261 g/mol. The summed E-state index contributed by atoms with van der Waals surface area (Å²) in [6.07, 6.45) is -0.0752. The van der Waals surface area contributed by atoms with Gasteiger partial charge in [0.2, 0.25) is 0 Å². The van der Waals surface area contributed by atoms with E-state index in [-0.39, 0.29) is 29.9 Å². The second-order valence-corrected chi connectivity index (χ2v) is 4.38. The fourth-order valence-corrected chi connectivity index (χ4v) is 1.91. The quantitative estimate of drug-likeness (QED) is 0.853.